The molecule has 2 aliphatic heterocycles. The van der Waals surface area contributed by atoms with Crippen molar-refractivity contribution >= 4 is 11.6 Å². The van der Waals surface area contributed by atoms with E-state index in [1.165, 1.54) is 12.1 Å². The third kappa shape index (κ3) is 4.10. The molecule has 8 heteroatoms. The number of halogens is 1. The third-order valence-electron chi connectivity index (χ3n) is 6.19. The second-order valence-electron chi connectivity index (χ2n) is 7.91. The molecule has 1 fully saturated rings. The van der Waals surface area contributed by atoms with E-state index >= 15 is 0 Å². The molecule has 1 amide bonds. The highest BCUT2D eigenvalue weighted by Gasteiger charge is 2.37. The highest BCUT2D eigenvalue weighted by atomic mass is 19.1. The van der Waals surface area contributed by atoms with E-state index in [-0.39, 0.29) is 17.9 Å². The Balaban J connectivity index is 1.68. The van der Waals surface area contributed by atoms with Gasteiger partial charge in [0.15, 0.2) is 0 Å². The van der Waals surface area contributed by atoms with Crippen LogP contribution in [0.4, 0.5) is 4.39 Å². The van der Waals surface area contributed by atoms with E-state index in [2.05, 4.69) is 15.7 Å². The summed E-state index contributed by atoms with van der Waals surface area (Å²) in [5, 5.41) is 5.05. The number of hydrazine groups is 1. The maximum absolute atomic E-state index is 13.6. The lowest BCUT2D eigenvalue weighted by molar-refractivity contribution is -0.121. The minimum Gasteiger partial charge on any atom is -0.481 e. The molecule has 2 N–H and O–H groups in total. The lowest BCUT2D eigenvalue weighted by atomic mass is 9.84. The van der Waals surface area contributed by atoms with Gasteiger partial charge < -0.3 is 10.1 Å². The average molecular weight is 438 g/mol. The van der Waals surface area contributed by atoms with Gasteiger partial charge in [-0.2, -0.15) is 0 Å². The third-order valence-corrected chi connectivity index (χ3v) is 6.19. The topological polar surface area (TPSA) is 78.8 Å². The highest BCUT2D eigenvalue weighted by Crippen LogP contribution is 2.31. The molecule has 4 rings (SSSR count). The molecule has 0 spiro atoms. The van der Waals surface area contributed by atoms with Crippen molar-refractivity contribution in [1.29, 1.82) is 0 Å². The zero-order valence-corrected chi connectivity index (χ0v) is 18.6. The van der Waals surface area contributed by atoms with Gasteiger partial charge in [0.25, 0.3) is 5.91 Å². The van der Waals surface area contributed by atoms with E-state index in [0.717, 1.165) is 18.5 Å². The standard InChI is InChI=1S/C24H28FN5O2/c1-4-24(5-2,16-9-11-17(25)12-10-16)29-23(31)20-15-19(27-21-13-14-26-30(20)21)18-7-6-8-22(28-18)32-3/h6-12,15,21,26H,4-5,13-14H2,1-3H3,(H,29,31). The monoisotopic (exact) mass is 437 g/mol. The molecular formula is C24H28FN5O2. The van der Waals surface area contributed by atoms with Crippen LogP contribution in [-0.4, -0.2) is 41.4 Å². The number of nitrogens with zero attached hydrogens (tertiary/aromatic N) is 3. The predicted molar refractivity (Wildman–Crippen MR) is 120 cm³/mol. The maximum atomic E-state index is 13.6. The zero-order chi connectivity index (χ0) is 22.7. The molecule has 32 heavy (non-hydrogen) atoms. The lowest BCUT2D eigenvalue weighted by Crippen LogP contribution is -2.51. The number of hydrogen-bond donors (Lipinski definition) is 2. The van der Waals surface area contributed by atoms with Gasteiger partial charge in [-0.3, -0.25) is 14.8 Å². The van der Waals surface area contributed by atoms with Crippen LogP contribution in [0.3, 0.4) is 0 Å². The number of methoxy groups -OCH3 is 1. The Bertz CT molecular complexity index is 1050. The number of aliphatic imine (C=N–C) groups is 1. The molecule has 0 bridgehead atoms. The quantitative estimate of drug-likeness (QED) is 0.695. The van der Waals surface area contributed by atoms with Crippen LogP contribution < -0.4 is 15.5 Å². The van der Waals surface area contributed by atoms with Crippen molar-refractivity contribution in [3.05, 3.63) is 71.3 Å². The molecule has 0 radical (unpaired) electrons. The zero-order valence-electron chi connectivity index (χ0n) is 18.6. The van der Waals surface area contributed by atoms with Crippen molar-refractivity contribution in [2.24, 2.45) is 4.99 Å². The number of carbonyl (C=O) groups excluding carboxylic acids is 1. The molecule has 2 aromatic rings. The minimum atomic E-state index is -0.607. The molecule has 3 heterocycles. The summed E-state index contributed by atoms with van der Waals surface area (Å²) in [6, 6.07) is 11.8. The summed E-state index contributed by atoms with van der Waals surface area (Å²) >= 11 is 0. The summed E-state index contributed by atoms with van der Waals surface area (Å²) in [7, 11) is 1.57. The van der Waals surface area contributed by atoms with Gasteiger partial charge >= 0.3 is 0 Å². The van der Waals surface area contributed by atoms with Crippen LogP contribution in [0, 0.1) is 5.82 Å². The van der Waals surface area contributed by atoms with E-state index in [9.17, 15) is 9.18 Å². The second kappa shape index (κ2) is 9.08. The Morgan fingerprint density at radius 2 is 2.00 bits per heavy atom. The van der Waals surface area contributed by atoms with Gasteiger partial charge in [-0.05, 0) is 42.7 Å². The van der Waals surface area contributed by atoms with Crippen molar-refractivity contribution in [2.45, 2.75) is 44.8 Å². The maximum Gasteiger partial charge on any atom is 0.269 e. The van der Waals surface area contributed by atoms with Crippen LogP contribution in [-0.2, 0) is 10.3 Å². The Labute approximate surface area is 187 Å². The molecule has 168 valence electrons. The molecule has 1 unspecified atom stereocenters. The number of nitrogens with one attached hydrogen (secondary N) is 2. The van der Waals surface area contributed by atoms with Crippen LogP contribution >= 0.6 is 0 Å². The number of pyridine rings is 1. The first-order valence-corrected chi connectivity index (χ1v) is 10.9. The number of amides is 1. The molecule has 1 aromatic heterocycles. The fourth-order valence-corrected chi connectivity index (χ4v) is 4.26. The number of hydrogen-bond acceptors (Lipinski definition) is 6. The van der Waals surface area contributed by atoms with E-state index in [1.54, 1.807) is 31.4 Å². The van der Waals surface area contributed by atoms with Gasteiger partial charge in [0.2, 0.25) is 5.88 Å². The molecule has 7 nitrogen and oxygen atoms in total. The molecule has 1 aromatic carbocycles. The number of aromatic nitrogens is 1. The molecular weight excluding hydrogens is 409 g/mol. The number of rotatable bonds is 7. The van der Waals surface area contributed by atoms with E-state index in [0.29, 0.717) is 35.8 Å². The van der Waals surface area contributed by atoms with Crippen LogP contribution in [0.2, 0.25) is 0 Å². The van der Waals surface area contributed by atoms with Crippen LogP contribution in [0.15, 0.2) is 59.2 Å². The van der Waals surface area contributed by atoms with Gasteiger partial charge in [-0.15, -0.1) is 0 Å². The number of carbonyl (C=O) groups is 1. The summed E-state index contributed by atoms with van der Waals surface area (Å²) in [4.78, 5) is 22.9. The van der Waals surface area contributed by atoms with Crippen molar-refractivity contribution in [3.8, 4) is 5.88 Å². The molecule has 0 saturated carbocycles. The smallest absolute Gasteiger partial charge is 0.269 e. The van der Waals surface area contributed by atoms with E-state index < -0.39 is 5.54 Å². The van der Waals surface area contributed by atoms with Crippen LogP contribution in [0.1, 0.15) is 44.4 Å². The summed E-state index contributed by atoms with van der Waals surface area (Å²) in [6.07, 6.45) is 3.69. The fourth-order valence-electron chi connectivity index (χ4n) is 4.26. The fraction of sp³-hybridized carbons (Fsp3) is 0.375. The summed E-state index contributed by atoms with van der Waals surface area (Å²) in [5.41, 5.74) is 5.30. The summed E-state index contributed by atoms with van der Waals surface area (Å²) in [6.45, 7) is 4.76. The first-order valence-electron chi connectivity index (χ1n) is 10.9. The van der Waals surface area contributed by atoms with E-state index in [1.807, 2.05) is 31.0 Å². The number of allylic oxidation sites excluding steroid dienone is 1. The Kier molecular flexibility index (Phi) is 6.23. The Morgan fingerprint density at radius 3 is 2.69 bits per heavy atom. The molecule has 1 saturated heterocycles. The highest BCUT2D eigenvalue weighted by molar-refractivity contribution is 6.12. The number of fused-ring (bicyclic) bond motifs is 1. The predicted octanol–water partition coefficient (Wildman–Crippen LogP) is 3.28. The second-order valence-corrected chi connectivity index (χ2v) is 7.91. The lowest BCUT2D eigenvalue weighted by Gasteiger charge is -2.36. The number of ether oxygens (including phenoxy) is 1. The van der Waals surface area contributed by atoms with Crippen molar-refractivity contribution in [3.63, 3.8) is 0 Å². The van der Waals surface area contributed by atoms with Crippen molar-refractivity contribution in [2.75, 3.05) is 13.7 Å². The van der Waals surface area contributed by atoms with Gasteiger partial charge in [0.05, 0.1) is 24.1 Å². The molecule has 0 aliphatic carbocycles. The van der Waals surface area contributed by atoms with Crippen molar-refractivity contribution in [1.82, 2.24) is 20.7 Å². The molecule has 1 atom stereocenters. The largest absolute Gasteiger partial charge is 0.481 e. The van der Waals surface area contributed by atoms with E-state index in [4.69, 9.17) is 9.73 Å². The average Bonchev–Trinajstić information content (AvgIpc) is 3.31. The normalized spacial score (nSPS) is 18.0. The first kappa shape index (κ1) is 22.0. The molecule has 2 aliphatic rings. The number of benzene rings is 1. The van der Waals surface area contributed by atoms with Gasteiger partial charge in [-0.1, -0.05) is 32.0 Å². The Morgan fingerprint density at radius 1 is 1.25 bits per heavy atom. The van der Waals surface area contributed by atoms with Gasteiger partial charge in [0.1, 0.15) is 17.7 Å². The van der Waals surface area contributed by atoms with Crippen molar-refractivity contribution < 1.29 is 13.9 Å². The van der Waals surface area contributed by atoms with Crippen LogP contribution in [0.25, 0.3) is 0 Å². The Hall–Kier alpha value is -3.26. The minimum absolute atomic E-state index is 0.188. The van der Waals surface area contributed by atoms with Gasteiger partial charge in [0, 0.05) is 19.0 Å². The SMILES string of the molecule is CCC(CC)(NC(=O)C1=CC(c2cccc(OC)n2)=NC2CCNN12)c1ccc(F)cc1. The van der Waals surface area contributed by atoms with Gasteiger partial charge in [-0.25, -0.2) is 14.8 Å². The first-order chi connectivity index (χ1) is 15.5. The summed E-state index contributed by atoms with van der Waals surface area (Å²) < 4.78 is 18.7. The summed E-state index contributed by atoms with van der Waals surface area (Å²) in [5.74, 6) is -0.0245. The van der Waals surface area contributed by atoms with Crippen LogP contribution in [0.5, 0.6) is 5.88 Å².